The van der Waals surface area contributed by atoms with Crippen LogP contribution in [0, 0.1) is 0 Å². The molecule has 4 rings (SSSR count). The van der Waals surface area contributed by atoms with Crippen molar-refractivity contribution in [2.75, 3.05) is 27.3 Å². The Morgan fingerprint density at radius 1 is 1.10 bits per heavy atom. The lowest BCUT2D eigenvalue weighted by Gasteiger charge is -2.31. The van der Waals surface area contributed by atoms with Crippen molar-refractivity contribution in [1.29, 1.82) is 0 Å². The van der Waals surface area contributed by atoms with Crippen LogP contribution in [-0.2, 0) is 0 Å². The summed E-state index contributed by atoms with van der Waals surface area (Å²) in [5.74, 6) is 2.33. The van der Waals surface area contributed by atoms with E-state index < -0.39 is 0 Å². The molecule has 0 aliphatic carbocycles. The lowest BCUT2D eigenvalue weighted by atomic mass is 9.95. The maximum atomic E-state index is 12.9. The van der Waals surface area contributed by atoms with Crippen LogP contribution in [0.2, 0.25) is 5.02 Å². The van der Waals surface area contributed by atoms with E-state index in [9.17, 15) is 4.79 Å². The molecule has 0 N–H and O–H groups in total. The van der Waals surface area contributed by atoms with Crippen molar-refractivity contribution in [3.8, 4) is 23.0 Å². The Kier molecular flexibility index (Phi) is 5.90. The van der Waals surface area contributed by atoms with Crippen LogP contribution < -0.4 is 9.47 Å². The van der Waals surface area contributed by atoms with E-state index in [4.69, 9.17) is 25.6 Å². The van der Waals surface area contributed by atoms with Crippen LogP contribution in [0.25, 0.3) is 11.5 Å². The number of amides is 1. The molecule has 3 aromatic rings. The maximum Gasteiger partial charge on any atom is 0.261 e. The number of hydrogen-bond donors (Lipinski definition) is 0. The molecule has 0 radical (unpaired) electrons. The molecule has 0 spiro atoms. The molecule has 2 aromatic carbocycles. The van der Waals surface area contributed by atoms with Gasteiger partial charge in [0.25, 0.3) is 11.8 Å². The second-order valence-corrected chi connectivity index (χ2v) is 7.51. The predicted molar refractivity (Wildman–Crippen MR) is 112 cm³/mol. The molecule has 1 aliphatic heterocycles. The van der Waals surface area contributed by atoms with Gasteiger partial charge in [0.15, 0.2) is 5.82 Å². The van der Waals surface area contributed by atoms with Gasteiger partial charge in [-0.15, -0.1) is 0 Å². The van der Waals surface area contributed by atoms with Crippen LogP contribution >= 0.6 is 11.6 Å². The van der Waals surface area contributed by atoms with Gasteiger partial charge in [-0.1, -0.05) is 28.9 Å². The molecule has 0 saturated carbocycles. The Morgan fingerprint density at radius 2 is 1.83 bits per heavy atom. The van der Waals surface area contributed by atoms with Crippen molar-refractivity contribution >= 4 is 17.5 Å². The SMILES string of the molecule is COc1cc(Cl)ccc1C(=O)N1CCC(c2noc(-c3ccccc3OC)n2)CC1. The van der Waals surface area contributed by atoms with Gasteiger partial charge in [0.1, 0.15) is 11.5 Å². The lowest BCUT2D eigenvalue weighted by Crippen LogP contribution is -2.38. The Bertz CT molecular complexity index is 1040. The minimum Gasteiger partial charge on any atom is -0.496 e. The zero-order valence-electron chi connectivity index (χ0n) is 16.8. The van der Waals surface area contributed by atoms with Crippen molar-refractivity contribution < 1.29 is 18.8 Å². The van der Waals surface area contributed by atoms with Gasteiger partial charge in [-0.2, -0.15) is 4.98 Å². The van der Waals surface area contributed by atoms with Gasteiger partial charge in [-0.05, 0) is 43.2 Å². The minimum absolute atomic E-state index is 0.0650. The highest BCUT2D eigenvalue weighted by molar-refractivity contribution is 6.30. The Balaban J connectivity index is 1.44. The van der Waals surface area contributed by atoms with E-state index in [1.165, 1.54) is 7.11 Å². The number of hydrogen-bond acceptors (Lipinski definition) is 6. The molecule has 1 fully saturated rings. The molecule has 1 aliphatic rings. The molecule has 1 aromatic heterocycles. The third-order valence-corrected chi connectivity index (χ3v) is 5.56. The van der Waals surface area contributed by atoms with E-state index in [2.05, 4.69) is 10.1 Å². The summed E-state index contributed by atoms with van der Waals surface area (Å²) in [4.78, 5) is 19.3. The van der Waals surface area contributed by atoms with Gasteiger partial charge in [0, 0.05) is 24.0 Å². The van der Waals surface area contributed by atoms with E-state index in [1.807, 2.05) is 29.2 Å². The van der Waals surface area contributed by atoms with Gasteiger partial charge in [0.2, 0.25) is 0 Å². The number of halogens is 1. The second kappa shape index (κ2) is 8.75. The second-order valence-electron chi connectivity index (χ2n) is 7.07. The predicted octanol–water partition coefficient (Wildman–Crippen LogP) is 4.43. The van der Waals surface area contributed by atoms with Gasteiger partial charge in [-0.25, -0.2) is 0 Å². The largest absolute Gasteiger partial charge is 0.496 e. The third kappa shape index (κ3) is 3.98. The summed E-state index contributed by atoms with van der Waals surface area (Å²) in [6, 6.07) is 12.6. The molecule has 156 valence electrons. The fourth-order valence-corrected chi connectivity index (χ4v) is 3.85. The first-order valence-electron chi connectivity index (χ1n) is 9.70. The van der Waals surface area contributed by atoms with Crippen molar-refractivity contribution in [2.24, 2.45) is 0 Å². The molecule has 1 saturated heterocycles. The summed E-state index contributed by atoms with van der Waals surface area (Å²) in [5, 5.41) is 4.71. The molecule has 8 heteroatoms. The van der Waals surface area contributed by atoms with Crippen LogP contribution in [0.3, 0.4) is 0 Å². The normalized spacial score (nSPS) is 14.6. The average Bonchev–Trinajstić information content (AvgIpc) is 3.28. The first-order valence-corrected chi connectivity index (χ1v) is 10.1. The summed E-state index contributed by atoms with van der Waals surface area (Å²) in [6.45, 7) is 1.21. The van der Waals surface area contributed by atoms with Crippen LogP contribution in [0.15, 0.2) is 47.0 Å². The third-order valence-electron chi connectivity index (χ3n) is 5.32. The number of rotatable bonds is 5. The lowest BCUT2D eigenvalue weighted by molar-refractivity contribution is 0.0707. The molecule has 30 heavy (non-hydrogen) atoms. The highest BCUT2D eigenvalue weighted by Crippen LogP contribution is 2.33. The van der Waals surface area contributed by atoms with Gasteiger partial charge in [-0.3, -0.25) is 4.79 Å². The number of aromatic nitrogens is 2. The van der Waals surface area contributed by atoms with Crippen LogP contribution in [0.1, 0.15) is 34.9 Å². The first kappa shape index (κ1) is 20.2. The van der Waals surface area contributed by atoms with Crippen molar-refractivity contribution in [3.63, 3.8) is 0 Å². The quantitative estimate of drug-likeness (QED) is 0.599. The van der Waals surface area contributed by atoms with Gasteiger partial charge in [0.05, 0.1) is 25.3 Å². The monoisotopic (exact) mass is 427 g/mol. The maximum absolute atomic E-state index is 12.9. The summed E-state index contributed by atoms with van der Waals surface area (Å²) in [6.07, 6.45) is 1.51. The summed E-state index contributed by atoms with van der Waals surface area (Å²) in [5.41, 5.74) is 1.28. The highest BCUT2D eigenvalue weighted by atomic mass is 35.5. The van der Waals surface area contributed by atoms with E-state index in [0.717, 1.165) is 18.4 Å². The molecule has 0 atom stereocenters. The first-order chi connectivity index (χ1) is 14.6. The van der Waals surface area contributed by atoms with Crippen LogP contribution in [0.4, 0.5) is 0 Å². The Morgan fingerprint density at radius 3 is 2.57 bits per heavy atom. The molecular weight excluding hydrogens is 406 g/mol. The number of carbonyl (C=O) groups excluding carboxylic acids is 1. The van der Waals surface area contributed by atoms with E-state index in [0.29, 0.717) is 46.9 Å². The zero-order valence-corrected chi connectivity index (χ0v) is 17.6. The van der Waals surface area contributed by atoms with Gasteiger partial charge >= 0.3 is 0 Å². The van der Waals surface area contributed by atoms with Crippen molar-refractivity contribution in [1.82, 2.24) is 15.0 Å². The zero-order chi connectivity index (χ0) is 21.1. The average molecular weight is 428 g/mol. The number of para-hydroxylation sites is 1. The fraction of sp³-hybridized carbons (Fsp3) is 0.318. The Labute approximate surface area is 179 Å². The summed E-state index contributed by atoms with van der Waals surface area (Å²) < 4.78 is 16.2. The van der Waals surface area contributed by atoms with Crippen LogP contribution in [0.5, 0.6) is 11.5 Å². The molecule has 0 bridgehead atoms. The summed E-state index contributed by atoms with van der Waals surface area (Å²) >= 11 is 6.00. The Hall–Kier alpha value is -3.06. The number of benzene rings is 2. The van der Waals surface area contributed by atoms with Gasteiger partial charge < -0.3 is 18.9 Å². The van der Waals surface area contributed by atoms with E-state index >= 15 is 0 Å². The highest BCUT2D eigenvalue weighted by Gasteiger charge is 2.29. The number of carbonyl (C=O) groups is 1. The topological polar surface area (TPSA) is 77.7 Å². The molecule has 0 unspecified atom stereocenters. The van der Waals surface area contributed by atoms with E-state index in [-0.39, 0.29) is 11.8 Å². The van der Waals surface area contributed by atoms with Crippen molar-refractivity contribution in [3.05, 3.63) is 58.9 Å². The number of piperidine rings is 1. The smallest absolute Gasteiger partial charge is 0.261 e. The fourth-order valence-electron chi connectivity index (χ4n) is 3.68. The molecular formula is C22H22ClN3O4. The molecule has 2 heterocycles. The minimum atomic E-state index is -0.0650. The number of ether oxygens (including phenoxy) is 2. The van der Waals surface area contributed by atoms with E-state index in [1.54, 1.807) is 25.3 Å². The number of methoxy groups -OCH3 is 2. The van der Waals surface area contributed by atoms with Crippen LogP contribution in [-0.4, -0.2) is 48.3 Å². The standard InChI is InChI=1S/C22H22ClN3O4/c1-28-18-6-4-3-5-16(18)21-24-20(25-30-21)14-9-11-26(12-10-14)22(27)17-8-7-15(23)13-19(17)29-2/h3-8,13-14H,9-12H2,1-2H3. The van der Waals surface area contributed by atoms with Crippen molar-refractivity contribution in [2.45, 2.75) is 18.8 Å². The number of likely N-dealkylation sites (tertiary alicyclic amines) is 1. The number of nitrogens with zero attached hydrogens (tertiary/aromatic N) is 3. The summed E-state index contributed by atoms with van der Waals surface area (Å²) in [7, 11) is 3.14. The molecule has 1 amide bonds. The molecule has 7 nitrogen and oxygen atoms in total.